The number of esters is 1. The van der Waals surface area contributed by atoms with Crippen LogP contribution in [0.15, 0.2) is 0 Å². The molecule has 0 aromatic rings. The van der Waals surface area contributed by atoms with Crippen LogP contribution in [0, 0.1) is 0 Å². The monoisotopic (exact) mass is 421 g/mol. The molecule has 0 aliphatic rings. The van der Waals surface area contributed by atoms with Gasteiger partial charge in [0.2, 0.25) is 0 Å². The van der Waals surface area contributed by atoms with Gasteiger partial charge in [-0.15, -0.1) is 0 Å². The second-order valence-electron chi connectivity index (χ2n) is 8.84. The zero-order chi connectivity index (χ0) is 20.2. The molecule has 0 aromatic carbocycles. The normalized spacial score (nSPS) is 11.3. The predicted octanol–water partition coefficient (Wildman–Crippen LogP) is 2.74. The minimum absolute atomic E-state index is 0. The highest BCUT2D eigenvalue weighted by molar-refractivity contribution is 5.69. The maximum absolute atomic E-state index is 11.7. The summed E-state index contributed by atoms with van der Waals surface area (Å²) in [6, 6.07) is 0. The summed E-state index contributed by atoms with van der Waals surface area (Å²) in [6.07, 6.45) is 17.8. The van der Waals surface area contributed by atoms with Crippen molar-refractivity contribution >= 4 is 5.97 Å². The number of likely N-dealkylation sites (N-methyl/N-ethyl adjacent to an activating group) is 1. The minimum Gasteiger partial charge on any atom is -1.00 e. The lowest BCUT2D eigenvalue weighted by Crippen LogP contribution is -3.00. The van der Waals surface area contributed by atoms with Crippen LogP contribution in [0.4, 0.5) is 0 Å². The predicted molar refractivity (Wildman–Crippen MR) is 115 cm³/mol. The average Bonchev–Trinajstić information content (AvgIpc) is 2.61. The van der Waals surface area contributed by atoms with Gasteiger partial charge >= 0.3 is 5.97 Å². The van der Waals surface area contributed by atoms with Crippen molar-refractivity contribution in [1.82, 2.24) is 0 Å². The highest BCUT2D eigenvalue weighted by Gasteiger charge is 2.06. The van der Waals surface area contributed by atoms with E-state index < -0.39 is 0 Å². The number of nitrogens with zero attached hydrogens (tertiary/aromatic N) is 1. The van der Waals surface area contributed by atoms with Gasteiger partial charge in [0, 0.05) is 6.42 Å². The van der Waals surface area contributed by atoms with Crippen LogP contribution >= 0.6 is 0 Å². The first-order valence-electron chi connectivity index (χ1n) is 11.5. The Bertz CT molecular complexity index is 332. The van der Waals surface area contributed by atoms with Crippen LogP contribution in [0.5, 0.6) is 0 Å². The number of rotatable bonds is 20. The van der Waals surface area contributed by atoms with Gasteiger partial charge in [0.05, 0.1) is 34.4 Å². The fraction of sp³-hybridized carbons (Fsp3) is 0.957. The highest BCUT2D eigenvalue weighted by atomic mass is 35.5. The van der Waals surface area contributed by atoms with E-state index in [4.69, 9.17) is 9.47 Å². The first-order valence-corrected chi connectivity index (χ1v) is 11.5. The lowest BCUT2D eigenvalue weighted by molar-refractivity contribution is -0.870. The van der Waals surface area contributed by atoms with Gasteiger partial charge in [-0.2, -0.15) is 0 Å². The maximum atomic E-state index is 11.7. The van der Waals surface area contributed by atoms with E-state index in [1.165, 1.54) is 70.6 Å². The molecule has 0 N–H and O–H groups in total. The summed E-state index contributed by atoms with van der Waals surface area (Å²) >= 11 is 0. The minimum atomic E-state index is -0.0757. The Labute approximate surface area is 181 Å². The molecule has 28 heavy (non-hydrogen) atoms. The van der Waals surface area contributed by atoms with Gasteiger partial charge in [-0.3, -0.25) is 4.79 Å². The Morgan fingerprint density at radius 2 is 1.14 bits per heavy atom. The molecule has 4 nitrogen and oxygen atoms in total. The van der Waals surface area contributed by atoms with E-state index in [9.17, 15) is 4.79 Å². The second-order valence-corrected chi connectivity index (χ2v) is 8.84. The van der Waals surface area contributed by atoms with Gasteiger partial charge < -0.3 is 26.4 Å². The number of quaternary nitrogens is 1. The molecule has 0 radical (unpaired) electrons. The van der Waals surface area contributed by atoms with Gasteiger partial charge in [-0.25, -0.2) is 0 Å². The van der Waals surface area contributed by atoms with Gasteiger partial charge in [0.1, 0.15) is 13.2 Å². The Kier molecular flexibility index (Phi) is 22.8. The third-order valence-corrected chi connectivity index (χ3v) is 4.88. The molecule has 0 amide bonds. The van der Waals surface area contributed by atoms with Crippen molar-refractivity contribution < 1.29 is 31.2 Å². The Balaban J connectivity index is 0. The number of carbonyl (C=O) groups is 1. The fourth-order valence-corrected chi connectivity index (χ4v) is 3.01. The van der Waals surface area contributed by atoms with Crippen LogP contribution in [0.1, 0.15) is 96.8 Å². The molecular weight excluding hydrogens is 374 g/mol. The third-order valence-electron chi connectivity index (χ3n) is 4.88. The lowest BCUT2D eigenvalue weighted by atomic mass is 10.0. The molecule has 170 valence electrons. The molecule has 0 aliphatic heterocycles. The van der Waals surface area contributed by atoms with Crippen LogP contribution in [-0.2, 0) is 14.3 Å². The number of halogens is 1. The topological polar surface area (TPSA) is 35.5 Å². The van der Waals surface area contributed by atoms with Crippen molar-refractivity contribution in [2.75, 3.05) is 47.5 Å². The average molecular weight is 422 g/mol. The molecule has 0 spiro atoms. The third kappa shape index (κ3) is 25.7. The van der Waals surface area contributed by atoms with Crippen LogP contribution in [0.2, 0.25) is 0 Å². The number of unbranched alkanes of at least 4 members (excludes halogenated alkanes) is 12. The Morgan fingerprint density at radius 3 is 1.61 bits per heavy atom. The lowest BCUT2D eigenvalue weighted by Gasteiger charge is -2.23. The van der Waals surface area contributed by atoms with Crippen LogP contribution in [0.3, 0.4) is 0 Å². The fourth-order valence-electron chi connectivity index (χ4n) is 3.01. The summed E-state index contributed by atoms with van der Waals surface area (Å²) in [5.74, 6) is -0.0757. The van der Waals surface area contributed by atoms with Crippen molar-refractivity contribution in [3.8, 4) is 0 Å². The molecule has 0 heterocycles. The Hall–Kier alpha value is -0.320. The summed E-state index contributed by atoms with van der Waals surface area (Å²) in [6.45, 7) is 4.83. The standard InChI is InChI=1S/C23H48NO3.ClH/c1-5-6-7-8-9-10-11-12-13-14-15-16-17-18-23(25)27-22-21-26-20-19-24(2,3)4;/h5-22H2,1-4H3;1H/q+1;/p-1. The summed E-state index contributed by atoms with van der Waals surface area (Å²) in [4.78, 5) is 11.7. The molecule has 0 aromatic heterocycles. The smallest absolute Gasteiger partial charge is 0.305 e. The number of carbonyl (C=O) groups excluding carboxylic acids is 1. The van der Waals surface area contributed by atoms with Gasteiger partial charge in [0.15, 0.2) is 0 Å². The quantitative estimate of drug-likeness (QED) is 0.172. The first-order chi connectivity index (χ1) is 13.0. The number of hydrogen-bond acceptors (Lipinski definition) is 3. The van der Waals surface area contributed by atoms with E-state index in [0.717, 1.165) is 23.9 Å². The van der Waals surface area contributed by atoms with Crippen LogP contribution in [0.25, 0.3) is 0 Å². The molecule has 0 unspecified atom stereocenters. The van der Waals surface area contributed by atoms with E-state index in [-0.39, 0.29) is 18.4 Å². The molecule has 0 saturated heterocycles. The molecule has 0 bridgehead atoms. The summed E-state index contributed by atoms with van der Waals surface area (Å²) < 4.78 is 11.6. The molecule has 0 fully saturated rings. The van der Waals surface area contributed by atoms with Crippen LogP contribution in [-0.4, -0.2) is 58.0 Å². The van der Waals surface area contributed by atoms with E-state index in [1.807, 2.05) is 0 Å². The van der Waals surface area contributed by atoms with Crippen molar-refractivity contribution in [3.63, 3.8) is 0 Å². The maximum Gasteiger partial charge on any atom is 0.305 e. The van der Waals surface area contributed by atoms with Crippen molar-refractivity contribution in [3.05, 3.63) is 0 Å². The van der Waals surface area contributed by atoms with E-state index >= 15 is 0 Å². The van der Waals surface area contributed by atoms with Gasteiger partial charge in [-0.1, -0.05) is 84.0 Å². The largest absolute Gasteiger partial charge is 1.00 e. The number of ether oxygens (including phenoxy) is 2. The Morgan fingerprint density at radius 1 is 0.679 bits per heavy atom. The summed E-state index contributed by atoms with van der Waals surface area (Å²) in [7, 11) is 6.41. The number of hydrogen-bond donors (Lipinski definition) is 0. The molecule has 0 aliphatic carbocycles. The second kappa shape index (κ2) is 21.4. The first kappa shape index (κ1) is 29.9. The van der Waals surface area contributed by atoms with E-state index in [2.05, 4.69) is 28.1 Å². The zero-order valence-electron chi connectivity index (χ0n) is 19.3. The molecule has 0 rings (SSSR count). The highest BCUT2D eigenvalue weighted by Crippen LogP contribution is 2.13. The summed E-state index contributed by atoms with van der Waals surface area (Å²) in [5, 5.41) is 0. The summed E-state index contributed by atoms with van der Waals surface area (Å²) in [5.41, 5.74) is 0. The molecule has 5 heteroatoms. The van der Waals surface area contributed by atoms with Crippen LogP contribution < -0.4 is 12.4 Å². The van der Waals surface area contributed by atoms with Crippen molar-refractivity contribution in [2.24, 2.45) is 0 Å². The van der Waals surface area contributed by atoms with Crippen molar-refractivity contribution in [2.45, 2.75) is 96.8 Å². The van der Waals surface area contributed by atoms with E-state index in [1.54, 1.807) is 0 Å². The van der Waals surface area contributed by atoms with E-state index in [0.29, 0.717) is 26.2 Å². The van der Waals surface area contributed by atoms with Crippen molar-refractivity contribution in [1.29, 1.82) is 0 Å². The molecule has 0 atom stereocenters. The molecular formula is C23H48ClNO3. The molecule has 0 saturated carbocycles. The van der Waals surface area contributed by atoms with Gasteiger partial charge in [-0.05, 0) is 6.42 Å². The SMILES string of the molecule is CCCCCCCCCCCCCCCC(=O)OCCOCC[N+](C)(C)C.[Cl-]. The zero-order valence-corrected chi connectivity index (χ0v) is 20.0. The van der Waals surface area contributed by atoms with Gasteiger partial charge in [0.25, 0.3) is 0 Å².